The van der Waals surface area contributed by atoms with Crippen LogP contribution in [-0.2, 0) is 9.68 Å². The SMILES string of the molecule is [N-]=[N+]=NC(CC(CCOO)C1CC1)C(=O)CI. The Hall–Kier alpha value is -0.370. The largest absolute Gasteiger partial charge is 0.298 e. The zero-order valence-corrected chi connectivity index (χ0v) is 11.6. The zero-order chi connectivity index (χ0) is 12.7. The van der Waals surface area contributed by atoms with Crippen LogP contribution in [0.1, 0.15) is 25.7 Å². The Labute approximate surface area is 113 Å². The summed E-state index contributed by atoms with van der Waals surface area (Å²) in [6.45, 7) is 0.266. The summed E-state index contributed by atoms with van der Waals surface area (Å²) in [7, 11) is 0. The molecule has 17 heavy (non-hydrogen) atoms. The van der Waals surface area contributed by atoms with Crippen molar-refractivity contribution < 1.29 is 14.9 Å². The third-order valence-electron chi connectivity index (χ3n) is 3.09. The number of Topliss-reactive ketones (excluding diaryl/α,β-unsaturated/α-hetero) is 1. The van der Waals surface area contributed by atoms with Gasteiger partial charge in [0.15, 0.2) is 5.78 Å². The van der Waals surface area contributed by atoms with Crippen molar-refractivity contribution >= 4 is 28.4 Å². The van der Waals surface area contributed by atoms with Gasteiger partial charge in [-0.2, -0.15) is 0 Å². The molecule has 7 heteroatoms. The van der Waals surface area contributed by atoms with E-state index < -0.39 is 6.04 Å². The van der Waals surface area contributed by atoms with E-state index in [2.05, 4.69) is 14.9 Å². The summed E-state index contributed by atoms with van der Waals surface area (Å²) in [4.78, 5) is 18.4. The average Bonchev–Trinajstić information content (AvgIpc) is 3.16. The van der Waals surface area contributed by atoms with E-state index in [-0.39, 0.29) is 12.4 Å². The predicted octanol–water partition coefficient (Wildman–Crippen LogP) is 2.97. The fourth-order valence-electron chi connectivity index (χ4n) is 2.00. The number of halogens is 1. The van der Waals surface area contributed by atoms with E-state index in [1.807, 2.05) is 22.6 Å². The molecule has 2 atom stereocenters. The maximum Gasteiger partial charge on any atom is 0.151 e. The Kier molecular flexibility index (Phi) is 6.79. The summed E-state index contributed by atoms with van der Waals surface area (Å²) in [5.74, 6) is 0.854. The molecule has 0 aromatic heterocycles. The van der Waals surface area contributed by atoms with E-state index in [4.69, 9.17) is 10.8 Å². The molecule has 0 aromatic rings. The zero-order valence-electron chi connectivity index (χ0n) is 9.46. The molecule has 1 N–H and O–H groups in total. The van der Waals surface area contributed by atoms with Crippen molar-refractivity contribution in [2.75, 3.05) is 11.0 Å². The highest BCUT2D eigenvalue weighted by molar-refractivity contribution is 14.1. The van der Waals surface area contributed by atoms with Gasteiger partial charge in [0.1, 0.15) is 0 Å². The van der Waals surface area contributed by atoms with Gasteiger partial charge in [0, 0.05) is 4.91 Å². The fraction of sp³-hybridized carbons (Fsp3) is 0.900. The molecule has 0 heterocycles. The van der Waals surface area contributed by atoms with Gasteiger partial charge in [0.2, 0.25) is 0 Å². The van der Waals surface area contributed by atoms with E-state index in [1.54, 1.807) is 0 Å². The van der Waals surface area contributed by atoms with Crippen molar-refractivity contribution in [1.82, 2.24) is 0 Å². The number of carbonyl (C=O) groups excluding carboxylic acids is 1. The molecule has 0 aromatic carbocycles. The molecule has 0 saturated heterocycles. The fourth-order valence-corrected chi connectivity index (χ4v) is 2.51. The number of ketones is 1. The molecule has 0 spiro atoms. The number of azide groups is 1. The van der Waals surface area contributed by atoms with Crippen LogP contribution >= 0.6 is 22.6 Å². The topological polar surface area (TPSA) is 95.3 Å². The lowest BCUT2D eigenvalue weighted by atomic mass is 9.91. The van der Waals surface area contributed by atoms with Crippen molar-refractivity contribution in [3.63, 3.8) is 0 Å². The summed E-state index contributed by atoms with van der Waals surface area (Å²) in [6, 6.07) is -0.568. The lowest BCUT2D eigenvalue weighted by Crippen LogP contribution is -2.24. The maximum absolute atomic E-state index is 11.6. The molecule has 0 amide bonds. The summed E-state index contributed by atoms with van der Waals surface area (Å²) in [5.41, 5.74) is 8.46. The van der Waals surface area contributed by atoms with Gasteiger partial charge >= 0.3 is 0 Å². The quantitative estimate of drug-likeness (QED) is 0.131. The smallest absolute Gasteiger partial charge is 0.151 e. The second-order valence-corrected chi connectivity index (χ2v) is 5.04. The minimum Gasteiger partial charge on any atom is -0.298 e. The third kappa shape index (κ3) is 5.20. The van der Waals surface area contributed by atoms with E-state index in [1.165, 1.54) is 0 Å². The van der Waals surface area contributed by atoms with Gasteiger partial charge in [-0.1, -0.05) is 27.7 Å². The monoisotopic (exact) mass is 353 g/mol. The normalized spacial score (nSPS) is 18.2. The first-order valence-corrected chi connectivity index (χ1v) is 7.14. The molecule has 2 unspecified atom stereocenters. The molecule has 6 nitrogen and oxygen atoms in total. The van der Waals surface area contributed by atoms with Gasteiger partial charge in [-0.3, -0.25) is 10.1 Å². The van der Waals surface area contributed by atoms with Crippen molar-refractivity contribution in [3.05, 3.63) is 10.4 Å². The molecule has 1 aliphatic rings. The number of hydrogen-bond donors (Lipinski definition) is 1. The van der Waals surface area contributed by atoms with E-state index in [0.717, 1.165) is 12.8 Å². The molecule has 0 aliphatic heterocycles. The average molecular weight is 353 g/mol. The molecule has 1 saturated carbocycles. The number of nitrogens with zero attached hydrogens (tertiary/aromatic N) is 3. The second kappa shape index (κ2) is 7.86. The maximum atomic E-state index is 11.6. The minimum absolute atomic E-state index is 0.0287. The van der Waals surface area contributed by atoms with Gasteiger partial charge < -0.3 is 0 Å². The molecule has 1 rings (SSSR count). The molecule has 0 bridgehead atoms. The number of hydrogen-bond acceptors (Lipinski definition) is 4. The van der Waals surface area contributed by atoms with Crippen LogP contribution < -0.4 is 0 Å². The van der Waals surface area contributed by atoms with Crippen LogP contribution in [0.5, 0.6) is 0 Å². The van der Waals surface area contributed by atoms with E-state index >= 15 is 0 Å². The highest BCUT2D eigenvalue weighted by atomic mass is 127. The van der Waals surface area contributed by atoms with Crippen LogP contribution in [0.4, 0.5) is 0 Å². The Bertz CT molecular complexity index is 303. The molecular weight excluding hydrogens is 337 g/mol. The number of carbonyl (C=O) groups is 1. The second-order valence-electron chi connectivity index (χ2n) is 4.28. The van der Waals surface area contributed by atoms with Crippen LogP contribution in [0.15, 0.2) is 5.11 Å². The predicted molar refractivity (Wildman–Crippen MR) is 70.9 cm³/mol. The van der Waals surface area contributed by atoms with Crippen molar-refractivity contribution in [2.24, 2.45) is 17.0 Å². The Morgan fingerprint density at radius 1 is 1.65 bits per heavy atom. The van der Waals surface area contributed by atoms with Crippen LogP contribution in [0.2, 0.25) is 0 Å². The first-order valence-electron chi connectivity index (χ1n) is 5.62. The first-order chi connectivity index (χ1) is 8.22. The van der Waals surface area contributed by atoms with Crippen LogP contribution in [0.3, 0.4) is 0 Å². The van der Waals surface area contributed by atoms with Crippen LogP contribution in [0, 0.1) is 11.8 Å². The summed E-state index contributed by atoms with van der Waals surface area (Å²) < 4.78 is 0.356. The van der Waals surface area contributed by atoms with Gasteiger partial charge in [0.05, 0.1) is 17.1 Å². The summed E-state index contributed by atoms with van der Waals surface area (Å²) in [6.07, 6.45) is 3.57. The summed E-state index contributed by atoms with van der Waals surface area (Å²) in [5, 5.41) is 11.9. The van der Waals surface area contributed by atoms with Crippen molar-refractivity contribution in [2.45, 2.75) is 31.7 Å². The molecular formula is C10H16IN3O3. The van der Waals surface area contributed by atoms with Crippen molar-refractivity contribution in [1.29, 1.82) is 0 Å². The molecule has 96 valence electrons. The van der Waals surface area contributed by atoms with Crippen LogP contribution in [0.25, 0.3) is 10.4 Å². The van der Waals surface area contributed by atoms with Gasteiger partial charge in [-0.25, -0.2) is 4.89 Å². The number of rotatable bonds is 9. The summed E-state index contributed by atoms with van der Waals surface area (Å²) >= 11 is 1.98. The van der Waals surface area contributed by atoms with Crippen LogP contribution in [-0.4, -0.2) is 28.1 Å². The number of alkyl halides is 1. The highest BCUT2D eigenvalue weighted by Gasteiger charge is 2.33. The van der Waals surface area contributed by atoms with E-state index in [9.17, 15) is 4.79 Å². The third-order valence-corrected chi connectivity index (χ3v) is 3.84. The van der Waals surface area contributed by atoms with Crippen molar-refractivity contribution in [3.8, 4) is 0 Å². The molecule has 0 radical (unpaired) electrons. The Morgan fingerprint density at radius 2 is 2.35 bits per heavy atom. The lowest BCUT2D eigenvalue weighted by Gasteiger charge is -2.18. The van der Waals surface area contributed by atoms with Gasteiger partial charge in [-0.05, 0) is 43.1 Å². The highest BCUT2D eigenvalue weighted by Crippen LogP contribution is 2.41. The first kappa shape index (κ1) is 14.7. The Balaban J connectivity index is 2.54. The molecule has 1 fully saturated rings. The minimum atomic E-state index is -0.568. The lowest BCUT2D eigenvalue weighted by molar-refractivity contribution is -0.244. The standard InChI is InChI=1S/C10H16IN3O3/c11-6-10(15)9(13-14-12)5-8(3-4-17-16)7-1-2-7/h7-9,16H,1-6H2. The van der Waals surface area contributed by atoms with Gasteiger partial charge in [0.25, 0.3) is 0 Å². The Morgan fingerprint density at radius 3 is 2.82 bits per heavy atom. The van der Waals surface area contributed by atoms with Gasteiger partial charge in [-0.15, -0.1) is 0 Å². The molecule has 1 aliphatic carbocycles. The van der Waals surface area contributed by atoms with E-state index in [0.29, 0.717) is 29.1 Å².